The molecule has 0 aromatic heterocycles. The molecule has 0 aliphatic heterocycles. The molecule has 0 radical (unpaired) electrons. The highest BCUT2D eigenvalue weighted by molar-refractivity contribution is 6.30. The molecular weight excluding hydrogens is 278 g/mol. The van der Waals surface area contributed by atoms with Crippen LogP contribution in [0.4, 0.5) is 0 Å². The molecule has 4 nitrogen and oxygen atoms in total. The Morgan fingerprint density at radius 1 is 1.30 bits per heavy atom. The Morgan fingerprint density at radius 3 is 2.70 bits per heavy atom. The summed E-state index contributed by atoms with van der Waals surface area (Å²) in [7, 11) is 0. The van der Waals surface area contributed by atoms with E-state index >= 15 is 0 Å². The predicted octanol–water partition coefficient (Wildman–Crippen LogP) is 2.39. The van der Waals surface area contributed by atoms with Crippen LogP contribution in [0.3, 0.4) is 0 Å². The van der Waals surface area contributed by atoms with Gasteiger partial charge in [0.1, 0.15) is 5.75 Å². The Labute approximate surface area is 124 Å². The first-order valence-electron chi connectivity index (χ1n) is 6.97. The van der Waals surface area contributed by atoms with Gasteiger partial charge in [0.2, 0.25) is 0 Å². The molecule has 0 spiro atoms. The Hall–Kier alpha value is -1.26. The smallest absolute Gasteiger partial charge is 0.258 e. The highest BCUT2D eigenvalue weighted by Gasteiger charge is 2.25. The first-order valence-corrected chi connectivity index (χ1v) is 7.35. The van der Waals surface area contributed by atoms with Gasteiger partial charge < -0.3 is 15.2 Å². The molecule has 0 heterocycles. The van der Waals surface area contributed by atoms with Crippen LogP contribution >= 0.6 is 11.6 Å². The number of aliphatic hydroxyl groups is 1. The van der Waals surface area contributed by atoms with Crippen molar-refractivity contribution in [2.45, 2.75) is 31.7 Å². The number of benzene rings is 1. The highest BCUT2D eigenvalue weighted by Crippen LogP contribution is 2.24. The number of hydrogen-bond donors (Lipinski definition) is 2. The van der Waals surface area contributed by atoms with Crippen LogP contribution in [0.1, 0.15) is 25.7 Å². The first kappa shape index (κ1) is 15.1. The van der Waals surface area contributed by atoms with E-state index in [1.54, 1.807) is 24.3 Å². The molecule has 1 aliphatic rings. The zero-order valence-corrected chi connectivity index (χ0v) is 12.1. The molecule has 0 bridgehead atoms. The van der Waals surface area contributed by atoms with Crippen molar-refractivity contribution >= 4 is 17.5 Å². The maximum Gasteiger partial charge on any atom is 0.258 e. The van der Waals surface area contributed by atoms with Gasteiger partial charge >= 0.3 is 0 Å². The zero-order valence-electron chi connectivity index (χ0n) is 11.3. The molecule has 2 atom stereocenters. The lowest BCUT2D eigenvalue weighted by molar-refractivity contribution is -0.124. The number of carbonyl (C=O) groups is 1. The van der Waals surface area contributed by atoms with E-state index in [0.717, 1.165) is 25.7 Å². The Kier molecular flexibility index (Phi) is 5.68. The van der Waals surface area contributed by atoms with Crippen LogP contribution in [0.25, 0.3) is 0 Å². The Bertz CT molecular complexity index is 435. The van der Waals surface area contributed by atoms with Gasteiger partial charge in [-0.05, 0) is 37.1 Å². The SMILES string of the molecule is O=C(COc1ccc(Cl)cc1)NC1CCCCC1CO. The third-order valence-corrected chi connectivity index (χ3v) is 3.93. The monoisotopic (exact) mass is 297 g/mol. The van der Waals surface area contributed by atoms with Gasteiger partial charge in [0.05, 0.1) is 0 Å². The molecule has 2 N–H and O–H groups in total. The van der Waals surface area contributed by atoms with Gasteiger partial charge in [0.25, 0.3) is 5.91 Å². The molecule has 110 valence electrons. The van der Waals surface area contributed by atoms with E-state index in [-0.39, 0.29) is 31.1 Å². The molecule has 1 amide bonds. The van der Waals surface area contributed by atoms with Gasteiger partial charge in [-0.3, -0.25) is 4.79 Å². The number of rotatable bonds is 5. The summed E-state index contributed by atoms with van der Waals surface area (Å²) < 4.78 is 5.40. The van der Waals surface area contributed by atoms with Gasteiger partial charge in [-0.25, -0.2) is 0 Å². The lowest BCUT2D eigenvalue weighted by Gasteiger charge is -2.30. The van der Waals surface area contributed by atoms with Crippen molar-refractivity contribution in [3.05, 3.63) is 29.3 Å². The fourth-order valence-electron chi connectivity index (χ4n) is 2.54. The quantitative estimate of drug-likeness (QED) is 0.877. The third-order valence-electron chi connectivity index (χ3n) is 3.67. The van der Waals surface area contributed by atoms with Gasteiger partial charge in [-0.1, -0.05) is 24.4 Å². The van der Waals surface area contributed by atoms with E-state index < -0.39 is 0 Å². The summed E-state index contributed by atoms with van der Waals surface area (Å²) in [5, 5.41) is 12.9. The molecule has 1 aliphatic carbocycles. The van der Waals surface area contributed by atoms with Gasteiger partial charge in [0, 0.05) is 23.6 Å². The standard InChI is InChI=1S/C15H20ClNO3/c16-12-5-7-13(8-6-12)20-10-15(19)17-14-4-2-1-3-11(14)9-18/h5-8,11,14,18H,1-4,9-10H2,(H,17,19). The summed E-state index contributed by atoms with van der Waals surface area (Å²) in [6.45, 7) is 0.110. The minimum Gasteiger partial charge on any atom is -0.484 e. The molecule has 2 rings (SSSR count). The molecule has 5 heteroatoms. The maximum absolute atomic E-state index is 11.9. The lowest BCUT2D eigenvalue weighted by Crippen LogP contribution is -2.45. The number of ether oxygens (including phenoxy) is 1. The first-order chi connectivity index (χ1) is 9.69. The van der Waals surface area contributed by atoms with Crippen LogP contribution in [-0.2, 0) is 4.79 Å². The number of amides is 1. The minimum absolute atomic E-state index is 0.0176. The van der Waals surface area contributed by atoms with Crippen LogP contribution in [0.2, 0.25) is 5.02 Å². The van der Waals surface area contributed by atoms with Crippen molar-refractivity contribution in [1.29, 1.82) is 0 Å². The van der Waals surface area contributed by atoms with Crippen molar-refractivity contribution in [2.75, 3.05) is 13.2 Å². The molecule has 1 aromatic carbocycles. The van der Waals surface area contributed by atoms with E-state index in [0.29, 0.717) is 10.8 Å². The normalized spacial score (nSPS) is 22.3. The molecule has 20 heavy (non-hydrogen) atoms. The molecule has 2 unspecified atom stereocenters. The number of carbonyl (C=O) groups excluding carboxylic acids is 1. The second-order valence-corrected chi connectivity index (χ2v) is 5.58. The second-order valence-electron chi connectivity index (χ2n) is 5.14. The zero-order chi connectivity index (χ0) is 14.4. The number of halogens is 1. The van der Waals surface area contributed by atoms with E-state index in [1.807, 2.05) is 0 Å². The predicted molar refractivity (Wildman–Crippen MR) is 77.9 cm³/mol. The highest BCUT2D eigenvalue weighted by atomic mass is 35.5. The number of hydrogen-bond acceptors (Lipinski definition) is 3. The van der Waals surface area contributed by atoms with Crippen molar-refractivity contribution in [1.82, 2.24) is 5.32 Å². The largest absolute Gasteiger partial charge is 0.484 e. The summed E-state index contributed by atoms with van der Waals surface area (Å²) in [6.07, 6.45) is 4.12. The summed E-state index contributed by atoms with van der Waals surface area (Å²) >= 11 is 5.78. The van der Waals surface area contributed by atoms with E-state index in [2.05, 4.69) is 5.32 Å². The summed E-state index contributed by atoms with van der Waals surface area (Å²) in [5.74, 6) is 0.639. The van der Waals surface area contributed by atoms with E-state index in [4.69, 9.17) is 16.3 Å². The minimum atomic E-state index is -0.148. The van der Waals surface area contributed by atoms with Crippen LogP contribution in [0.15, 0.2) is 24.3 Å². The van der Waals surface area contributed by atoms with Crippen LogP contribution in [0, 0.1) is 5.92 Å². The Balaban J connectivity index is 1.78. The third kappa shape index (κ3) is 4.39. The fraction of sp³-hybridized carbons (Fsp3) is 0.533. The number of nitrogens with one attached hydrogen (secondary N) is 1. The summed E-state index contributed by atoms with van der Waals surface area (Å²) in [6, 6.07) is 6.96. The average Bonchev–Trinajstić information content (AvgIpc) is 2.47. The van der Waals surface area contributed by atoms with Crippen molar-refractivity contribution in [2.24, 2.45) is 5.92 Å². The lowest BCUT2D eigenvalue weighted by atomic mass is 9.85. The van der Waals surface area contributed by atoms with Crippen molar-refractivity contribution < 1.29 is 14.6 Å². The molecule has 1 aromatic rings. The maximum atomic E-state index is 11.9. The van der Waals surface area contributed by atoms with Gasteiger partial charge in [-0.15, -0.1) is 0 Å². The second kappa shape index (κ2) is 7.50. The molecule has 0 saturated heterocycles. The Morgan fingerprint density at radius 2 is 2.00 bits per heavy atom. The topological polar surface area (TPSA) is 58.6 Å². The van der Waals surface area contributed by atoms with Crippen LogP contribution in [0.5, 0.6) is 5.75 Å². The van der Waals surface area contributed by atoms with Crippen LogP contribution < -0.4 is 10.1 Å². The molecule has 1 saturated carbocycles. The van der Waals surface area contributed by atoms with E-state index in [9.17, 15) is 9.90 Å². The van der Waals surface area contributed by atoms with E-state index in [1.165, 1.54) is 0 Å². The van der Waals surface area contributed by atoms with Crippen molar-refractivity contribution in [3.8, 4) is 5.75 Å². The number of aliphatic hydroxyl groups excluding tert-OH is 1. The van der Waals surface area contributed by atoms with Gasteiger partial charge in [0.15, 0.2) is 6.61 Å². The van der Waals surface area contributed by atoms with Crippen molar-refractivity contribution in [3.63, 3.8) is 0 Å². The fourth-order valence-corrected chi connectivity index (χ4v) is 2.67. The van der Waals surface area contributed by atoms with Gasteiger partial charge in [-0.2, -0.15) is 0 Å². The average molecular weight is 298 g/mol. The summed E-state index contributed by atoms with van der Waals surface area (Å²) in [4.78, 5) is 11.9. The molecule has 1 fully saturated rings. The summed E-state index contributed by atoms with van der Waals surface area (Å²) in [5.41, 5.74) is 0. The van der Waals surface area contributed by atoms with Crippen LogP contribution in [-0.4, -0.2) is 30.3 Å². The molecular formula is C15H20ClNO3.